The predicted octanol–water partition coefficient (Wildman–Crippen LogP) is 4.50. The number of fused-ring (bicyclic) bond motifs is 1. The summed E-state index contributed by atoms with van der Waals surface area (Å²) < 4.78 is 48.0. The number of hydrogen-bond donors (Lipinski definition) is 1. The number of benzene rings is 2. The smallest absolute Gasteiger partial charge is 0.477 e. The number of carbonyl (C=O) groups is 2. The first kappa shape index (κ1) is 19.8. The summed E-state index contributed by atoms with van der Waals surface area (Å²) in [5.41, 5.74) is 1.43. The summed E-state index contributed by atoms with van der Waals surface area (Å²) in [5, 5.41) is 10.1. The van der Waals surface area contributed by atoms with Crippen LogP contribution >= 0.6 is 0 Å². The molecule has 156 valence electrons. The molecule has 2 aromatic carbocycles. The number of aromatic carboxylic acids is 1. The SMILES string of the molecule is COC(=O)[C@@H]1C[C@H]1c1cccc(-n2c(C(=O)O)cc3ccc(OC(F)(F)F)cc32)c1. The number of halogens is 3. The van der Waals surface area contributed by atoms with Crippen molar-refractivity contribution in [2.45, 2.75) is 18.7 Å². The summed E-state index contributed by atoms with van der Waals surface area (Å²) in [6, 6.07) is 12.0. The number of alkyl halides is 3. The second kappa shape index (κ2) is 7.08. The summed E-state index contributed by atoms with van der Waals surface area (Å²) in [4.78, 5) is 23.5. The van der Waals surface area contributed by atoms with Gasteiger partial charge in [-0.05, 0) is 48.2 Å². The Morgan fingerprint density at radius 3 is 2.57 bits per heavy atom. The van der Waals surface area contributed by atoms with E-state index in [0.717, 1.165) is 17.7 Å². The van der Waals surface area contributed by atoms with Gasteiger partial charge >= 0.3 is 18.3 Å². The molecule has 1 aliphatic carbocycles. The average molecular weight is 419 g/mol. The molecular weight excluding hydrogens is 403 g/mol. The van der Waals surface area contributed by atoms with E-state index in [1.54, 1.807) is 18.2 Å². The maximum absolute atomic E-state index is 12.6. The third-order valence-electron chi connectivity index (χ3n) is 5.08. The Hall–Kier alpha value is -3.49. The summed E-state index contributed by atoms with van der Waals surface area (Å²) in [6.45, 7) is 0. The number of aromatic nitrogens is 1. The Morgan fingerprint density at radius 2 is 1.90 bits per heavy atom. The van der Waals surface area contributed by atoms with Crippen molar-refractivity contribution >= 4 is 22.8 Å². The van der Waals surface area contributed by atoms with Crippen LogP contribution in [0.4, 0.5) is 13.2 Å². The Labute approximate surface area is 168 Å². The third kappa shape index (κ3) is 3.70. The van der Waals surface area contributed by atoms with Crippen LogP contribution in [0.1, 0.15) is 28.4 Å². The number of esters is 1. The first-order valence-corrected chi connectivity index (χ1v) is 9.00. The van der Waals surface area contributed by atoms with Crippen LogP contribution in [-0.2, 0) is 9.53 Å². The first-order chi connectivity index (χ1) is 14.2. The summed E-state index contributed by atoms with van der Waals surface area (Å²) in [6.07, 6.45) is -4.24. The second-order valence-corrected chi connectivity index (χ2v) is 7.01. The summed E-state index contributed by atoms with van der Waals surface area (Å²) >= 11 is 0. The summed E-state index contributed by atoms with van der Waals surface area (Å²) in [7, 11) is 1.32. The minimum Gasteiger partial charge on any atom is -0.477 e. The molecule has 1 heterocycles. The highest BCUT2D eigenvalue weighted by molar-refractivity contribution is 5.96. The number of carbonyl (C=O) groups excluding carboxylic acids is 1. The van der Waals surface area contributed by atoms with Gasteiger partial charge in [-0.1, -0.05) is 12.1 Å². The van der Waals surface area contributed by atoms with Gasteiger partial charge in [0.15, 0.2) is 0 Å². The molecule has 0 spiro atoms. The molecule has 30 heavy (non-hydrogen) atoms. The number of hydrogen-bond acceptors (Lipinski definition) is 4. The molecule has 0 amide bonds. The zero-order valence-corrected chi connectivity index (χ0v) is 15.6. The highest BCUT2D eigenvalue weighted by Gasteiger charge is 2.45. The molecule has 0 radical (unpaired) electrons. The zero-order valence-electron chi connectivity index (χ0n) is 15.6. The molecule has 9 heteroatoms. The number of carboxylic acids is 1. The molecule has 0 aliphatic heterocycles. The normalized spacial score (nSPS) is 18.3. The molecule has 2 atom stereocenters. The maximum Gasteiger partial charge on any atom is 0.573 e. The molecule has 0 saturated heterocycles. The van der Waals surface area contributed by atoms with Gasteiger partial charge in [-0.25, -0.2) is 4.79 Å². The van der Waals surface area contributed by atoms with Crippen LogP contribution < -0.4 is 4.74 Å². The molecular formula is C21H16F3NO5. The highest BCUT2D eigenvalue weighted by Crippen LogP contribution is 2.48. The van der Waals surface area contributed by atoms with Crippen LogP contribution in [0.15, 0.2) is 48.5 Å². The molecule has 1 aromatic heterocycles. The van der Waals surface area contributed by atoms with Crippen molar-refractivity contribution in [3.63, 3.8) is 0 Å². The largest absolute Gasteiger partial charge is 0.573 e. The van der Waals surface area contributed by atoms with Crippen LogP contribution in [0.25, 0.3) is 16.6 Å². The molecule has 0 bridgehead atoms. The van der Waals surface area contributed by atoms with Crippen LogP contribution in [-0.4, -0.2) is 35.1 Å². The first-order valence-electron chi connectivity index (χ1n) is 9.00. The minimum atomic E-state index is -4.87. The van der Waals surface area contributed by atoms with E-state index in [2.05, 4.69) is 4.74 Å². The number of carboxylic acid groups (broad SMARTS) is 1. The standard InChI is InChI=1S/C21H16F3NO5/c1-29-20(28)16-10-15(16)11-3-2-4-13(7-11)25-17-9-14(30-21(22,23)24)6-5-12(17)8-18(25)19(26)27/h2-9,15-16H,10H2,1H3,(H,26,27)/t15-,16+/m0/s1. The van der Waals surface area contributed by atoms with Gasteiger partial charge in [-0.15, -0.1) is 13.2 Å². The fourth-order valence-electron chi connectivity index (χ4n) is 3.68. The lowest BCUT2D eigenvalue weighted by Gasteiger charge is -2.12. The van der Waals surface area contributed by atoms with Crippen molar-refractivity contribution in [2.75, 3.05) is 7.11 Å². The van der Waals surface area contributed by atoms with Crippen LogP contribution in [0.2, 0.25) is 0 Å². The lowest BCUT2D eigenvalue weighted by Crippen LogP contribution is -2.17. The van der Waals surface area contributed by atoms with Gasteiger partial charge in [-0.3, -0.25) is 4.79 Å². The van der Waals surface area contributed by atoms with E-state index in [1.165, 1.54) is 23.8 Å². The Morgan fingerprint density at radius 1 is 1.13 bits per heavy atom. The number of rotatable bonds is 5. The Balaban J connectivity index is 1.80. The molecule has 1 saturated carbocycles. The molecule has 1 N–H and O–H groups in total. The van der Waals surface area contributed by atoms with Crippen molar-refractivity contribution in [3.05, 3.63) is 59.8 Å². The van der Waals surface area contributed by atoms with Crippen LogP contribution in [0.3, 0.4) is 0 Å². The summed E-state index contributed by atoms with van der Waals surface area (Å²) in [5.74, 6) is -2.28. The molecule has 1 fully saturated rings. The van der Waals surface area contributed by atoms with Crippen molar-refractivity contribution < 1.29 is 37.3 Å². The van der Waals surface area contributed by atoms with E-state index in [1.807, 2.05) is 6.07 Å². The van der Waals surface area contributed by atoms with Gasteiger partial charge in [0.05, 0.1) is 18.5 Å². The predicted molar refractivity (Wildman–Crippen MR) is 99.8 cm³/mol. The maximum atomic E-state index is 12.6. The average Bonchev–Trinajstić information content (AvgIpc) is 3.40. The van der Waals surface area contributed by atoms with E-state index in [9.17, 15) is 27.9 Å². The lowest BCUT2D eigenvalue weighted by atomic mass is 10.1. The van der Waals surface area contributed by atoms with Gasteiger partial charge in [-0.2, -0.15) is 0 Å². The van der Waals surface area contributed by atoms with E-state index >= 15 is 0 Å². The van der Waals surface area contributed by atoms with Gasteiger partial charge < -0.3 is 19.1 Å². The van der Waals surface area contributed by atoms with Crippen LogP contribution in [0.5, 0.6) is 5.75 Å². The molecule has 3 aromatic rings. The van der Waals surface area contributed by atoms with Crippen molar-refractivity contribution in [1.29, 1.82) is 0 Å². The van der Waals surface area contributed by atoms with Gasteiger partial charge in [0.2, 0.25) is 0 Å². The van der Waals surface area contributed by atoms with Gasteiger partial charge in [0.1, 0.15) is 11.4 Å². The van der Waals surface area contributed by atoms with E-state index in [-0.39, 0.29) is 29.0 Å². The molecule has 4 rings (SSSR count). The number of methoxy groups -OCH3 is 1. The number of nitrogens with zero attached hydrogens (tertiary/aromatic N) is 1. The van der Waals surface area contributed by atoms with Crippen LogP contribution in [0, 0.1) is 5.92 Å². The molecule has 1 aliphatic rings. The lowest BCUT2D eigenvalue weighted by molar-refractivity contribution is -0.274. The van der Waals surface area contributed by atoms with Crippen molar-refractivity contribution in [1.82, 2.24) is 4.57 Å². The van der Waals surface area contributed by atoms with E-state index < -0.39 is 18.1 Å². The minimum absolute atomic E-state index is 0.0448. The molecule has 6 nitrogen and oxygen atoms in total. The van der Waals surface area contributed by atoms with E-state index in [0.29, 0.717) is 17.5 Å². The molecule has 0 unspecified atom stereocenters. The highest BCUT2D eigenvalue weighted by atomic mass is 19.4. The van der Waals surface area contributed by atoms with E-state index in [4.69, 9.17) is 4.74 Å². The van der Waals surface area contributed by atoms with Gasteiger partial charge in [0, 0.05) is 17.1 Å². The quantitative estimate of drug-likeness (QED) is 0.616. The van der Waals surface area contributed by atoms with Crippen molar-refractivity contribution in [2.24, 2.45) is 5.92 Å². The van der Waals surface area contributed by atoms with Gasteiger partial charge in [0.25, 0.3) is 0 Å². The Kier molecular flexibility index (Phi) is 4.68. The Bertz CT molecular complexity index is 1150. The topological polar surface area (TPSA) is 77.8 Å². The monoisotopic (exact) mass is 419 g/mol. The number of ether oxygens (including phenoxy) is 2. The fourth-order valence-corrected chi connectivity index (χ4v) is 3.68. The second-order valence-electron chi connectivity index (χ2n) is 7.01. The van der Waals surface area contributed by atoms with Crippen molar-refractivity contribution in [3.8, 4) is 11.4 Å². The fraction of sp³-hybridized carbons (Fsp3) is 0.238. The third-order valence-corrected chi connectivity index (χ3v) is 5.08. The zero-order chi connectivity index (χ0) is 21.6.